The van der Waals surface area contributed by atoms with Gasteiger partial charge in [-0.2, -0.15) is 0 Å². The number of rotatable bonds is 7. The van der Waals surface area contributed by atoms with E-state index in [1.165, 1.54) is 23.9 Å². The third kappa shape index (κ3) is 4.52. The van der Waals surface area contributed by atoms with E-state index in [-0.39, 0.29) is 24.6 Å². The number of hydrogen-bond acceptors (Lipinski definition) is 8. The van der Waals surface area contributed by atoms with Crippen LogP contribution in [0.1, 0.15) is 15.9 Å². The Morgan fingerprint density at radius 3 is 2.75 bits per heavy atom. The van der Waals surface area contributed by atoms with Gasteiger partial charge in [0.15, 0.2) is 18.1 Å². The highest BCUT2D eigenvalue weighted by molar-refractivity contribution is 7.98. The van der Waals surface area contributed by atoms with Crippen LogP contribution in [0.5, 0.6) is 11.5 Å². The molecule has 1 N–H and O–H groups in total. The fraction of sp³-hybridized carbons (Fsp3) is 0.222. The maximum absolute atomic E-state index is 12.1. The molecule has 0 aliphatic carbocycles. The van der Waals surface area contributed by atoms with Crippen molar-refractivity contribution in [3.05, 3.63) is 57.6 Å². The molecular formula is C18H16N2O7S. The van der Waals surface area contributed by atoms with Gasteiger partial charge in [0.05, 0.1) is 15.4 Å². The molecule has 1 heterocycles. The average molecular weight is 404 g/mol. The van der Waals surface area contributed by atoms with Gasteiger partial charge >= 0.3 is 5.97 Å². The third-order valence-electron chi connectivity index (χ3n) is 3.87. The second-order valence-electron chi connectivity index (χ2n) is 5.68. The molecule has 0 unspecified atom stereocenters. The Morgan fingerprint density at radius 1 is 1.21 bits per heavy atom. The average Bonchev–Trinajstić information content (AvgIpc) is 3.17. The van der Waals surface area contributed by atoms with Crippen LogP contribution in [0.25, 0.3) is 0 Å². The highest BCUT2D eigenvalue weighted by Gasteiger charge is 2.19. The molecular weight excluding hydrogens is 388 g/mol. The number of thioether (sulfide) groups is 1. The van der Waals surface area contributed by atoms with Crippen LogP contribution < -0.4 is 14.8 Å². The Hall–Kier alpha value is -3.27. The van der Waals surface area contributed by atoms with Gasteiger partial charge in [0.2, 0.25) is 6.79 Å². The SMILES string of the molecule is CSc1ccc(C(=O)OCC(=O)NCc2ccc3c(c2)OCO3)cc1[N+](=O)[O-]. The molecule has 0 saturated carbocycles. The molecule has 28 heavy (non-hydrogen) atoms. The molecule has 1 amide bonds. The lowest BCUT2D eigenvalue weighted by Gasteiger charge is -2.08. The van der Waals surface area contributed by atoms with Gasteiger partial charge in [0.1, 0.15) is 0 Å². The van der Waals surface area contributed by atoms with Crippen LogP contribution in [0, 0.1) is 10.1 Å². The quantitative estimate of drug-likeness (QED) is 0.324. The summed E-state index contributed by atoms with van der Waals surface area (Å²) in [5, 5.41) is 13.7. The Morgan fingerprint density at radius 2 is 2.00 bits per heavy atom. The van der Waals surface area contributed by atoms with E-state index in [1.54, 1.807) is 24.5 Å². The number of ether oxygens (including phenoxy) is 3. The standard InChI is InChI=1S/C18H16N2O7S/c1-28-16-5-3-12(7-13(16)20(23)24)18(22)25-9-17(21)19-8-11-2-4-14-15(6-11)27-10-26-14/h2-7H,8-10H2,1H3,(H,19,21). The van der Waals surface area contributed by atoms with Crippen molar-refractivity contribution in [2.24, 2.45) is 0 Å². The molecule has 0 radical (unpaired) electrons. The van der Waals surface area contributed by atoms with Crippen molar-refractivity contribution in [3.63, 3.8) is 0 Å². The Bertz CT molecular complexity index is 932. The van der Waals surface area contributed by atoms with Gasteiger partial charge < -0.3 is 19.5 Å². The maximum Gasteiger partial charge on any atom is 0.338 e. The van der Waals surface area contributed by atoms with Crippen molar-refractivity contribution < 1.29 is 28.7 Å². The van der Waals surface area contributed by atoms with E-state index in [9.17, 15) is 19.7 Å². The summed E-state index contributed by atoms with van der Waals surface area (Å²) in [4.78, 5) is 34.9. The van der Waals surface area contributed by atoms with Crippen molar-refractivity contribution in [1.82, 2.24) is 5.32 Å². The van der Waals surface area contributed by atoms with Crippen molar-refractivity contribution in [2.75, 3.05) is 19.7 Å². The van der Waals surface area contributed by atoms with Gasteiger partial charge in [0, 0.05) is 12.6 Å². The van der Waals surface area contributed by atoms with E-state index in [2.05, 4.69) is 5.32 Å². The number of benzene rings is 2. The van der Waals surface area contributed by atoms with Gasteiger partial charge in [-0.15, -0.1) is 11.8 Å². The zero-order valence-electron chi connectivity index (χ0n) is 14.8. The number of carbonyl (C=O) groups excluding carboxylic acids is 2. The Labute approximate surface area is 164 Å². The van der Waals surface area contributed by atoms with Crippen LogP contribution in [0.2, 0.25) is 0 Å². The van der Waals surface area contributed by atoms with Crippen LogP contribution in [-0.4, -0.2) is 36.5 Å². The highest BCUT2D eigenvalue weighted by Crippen LogP contribution is 2.32. The minimum absolute atomic E-state index is 0.00747. The normalized spacial score (nSPS) is 11.8. The lowest BCUT2D eigenvalue weighted by molar-refractivity contribution is -0.387. The molecule has 0 aromatic heterocycles. The summed E-state index contributed by atoms with van der Waals surface area (Å²) < 4.78 is 15.4. The topological polar surface area (TPSA) is 117 Å². The number of amides is 1. The smallest absolute Gasteiger partial charge is 0.338 e. The maximum atomic E-state index is 12.1. The first-order chi connectivity index (χ1) is 13.5. The van der Waals surface area contributed by atoms with Gasteiger partial charge in [-0.25, -0.2) is 4.79 Å². The van der Waals surface area contributed by atoms with Gasteiger partial charge in [-0.1, -0.05) is 6.07 Å². The summed E-state index contributed by atoms with van der Waals surface area (Å²) in [5.74, 6) is -0.0608. The number of nitro groups is 1. The second kappa shape index (κ2) is 8.61. The lowest BCUT2D eigenvalue weighted by Crippen LogP contribution is -2.28. The number of esters is 1. The molecule has 146 valence electrons. The molecule has 0 bridgehead atoms. The summed E-state index contributed by atoms with van der Waals surface area (Å²) in [7, 11) is 0. The second-order valence-corrected chi connectivity index (χ2v) is 6.53. The molecule has 0 saturated heterocycles. The molecule has 0 spiro atoms. The number of nitro benzene ring substituents is 1. The zero-order chi connectivity index (χ0) is 20.1. The van der Waals surface area contributed by atoms with Crippen molar-refractivity contribution in [3.8, 4) is 11.5 Å². The molecule has 0 fully saturated rings. The fourth-order valence-electron chi connectivity index (χ4n) is 2.48. The predicted octanol–water partition coefficient (Wildman–Crippen LogP) is 2.52. The fourth-order valence-corrected chi connectivity index (χ4v) is 3.02. The molecule has 1 aliphatic heterocycles. The molecule has 1 aliphatic rings. The summed E-state index contributed by atoms with van der Waals surface area (Å²) in [6.07, 6.45) is 1.70. The van der Waals surface area contributed by atoms with Crippen molar-refractivity contribution in [1.29, 1.82) is 0 Å². The first kappa shape index (κ1) is 19.5. The van der Waals surface area contributed by atoms with Crippen LogP contribution in [0.4, 0.5) is 5.69 Å². The Balaban J connectivity index is 1.52. The number of hydrogen-bond donors (Lipinski definition) is 1. The van der Waals surface area contributed by atoms with Crippen LogP contribution in [-0.2, 0) is 16.1 Å². The Kier molecular flexibility index (Phi) is 5.99. The van der Waals surface area contributed by atoms with Gasteiger partial charge in [-0.3, -0.25) is 14.9 Å². The number of fused-ring (bicyclic) bond motifs is 1. The highest BCUT2D eigenvalue weighted by atomic mass is 32.2. The largest absolute Gasteiger partial charge is 0.454 e. The first-order valence-corrected chi connectivity index (χ1v) is 9.35. The molecule has 9 nitrogen and oxygen atoms in total. The van der Waals surface area contributed by atoms with Crippen LogP contribution >= 0.6 is 11.8 Å². The van der Waals surface area contributed by atoms with Crippen LogP contribution in [0.3, 0.4) is 0 Å². The number of carbonyl (C=O) groups is 2. The minimum Gasteiger partial charge on any atom is -0.454 e. The van der Waals surface area contributed by atoms with Crippen molar-refractivity contribution >= 4 is 29.3 Å². The summed E-state index contributed by atoms with van der Waals surface area (Å²) in [5.41, 5.74) is 0.620. The molecule has 2 aromatic carbocycles. The number of nitrogens with one attached hydrogen (secondary N) is 1. The molecule has 10 heteroatoms. The van der Waals surface area contributed by atoms with E-state index in [4.69, 9.17) is 14.2 Å². The van der Waals surface area contributed by atoms with E-state index >= 15 is 0 Å². The van der Waals surface area contributed by atoms with Crippen molar-refractivity contribution in [2.45, 2.75) is 11.4 Å². The molecule has 2 aromatic rings. The van der Waals surface area contributed by atoms with E-state index in [0.29, 0.717) is 16.4 Å². The molecule has 3 rings (SSSR count). The summed E-state index contributed by atoms with van der Waals surface area (Å²) in [6, 6.07) is 9.31. The van der Waals surface area contributed by atoms with Gasteiger partial charge in [-0.05, 0) is 36.1 Å². The summed E-state index contributed by atoms with van der Waals surface area (Å²) in [6.45, 7) is -0.112. The molecule has 0 atom stereocenters. The minimum atomic E-state index is -0.811. The lowest BCUT2D eigenvalue weighted by atomic mass is 10.2. The zero-order valence-corrected chi connectivity index (χ0v) is 15.6. The first-order valence-electron chi connectivity index (χ1n) is 8.12. The third-order valence-corrected chi connectivity index (χ3v) is 4.66. The summed E-state index contributed by atoms with van der Waals surface area (Å²) >= 11 is 1.20. The van der Waals surface area contributed by atoms with E-state index in [1.807, 2.05) is 0 Å². The van der Waals surface area contributed by atoms with E-state index in [0.717, 1.165) is 11.6 Å². The van der Waals surface area contributed by atoms with Gasteiger partial charge in [0.25, 0.3) is 11.6 Å². The predicted molar refractivity (Wildman–Crippen MR) is 99.6 cm³/mol. The van der Waals surface area contributed by atoms with Crippen LogP contribution in [0.15, 0.2) is 41.3 Å². The van der Waals surface area contributed by atoms with E-state index < -0.39 is 23.4 Å². The monoisotopic (exact) mass is 404 g/mol. The number of nitrogens with zero attached hydrogens (tertiary/aromatic N) is 1.